The number of imidazole rings is 1. The molecule has 2 amide bonds. The van der Waals surface area contributed by atoms with Gasteiger partial charge < -0.3 is 19.9 Å². The Hall–Kier alpha value is -3.35. The second-order valence-electron chi connectivity index (χ2n) is 8.26. The van der Waals surface area contributed by atoms with Gasteiger partial charge >= 0.3 is 0 Å². The number of carbonyl (C=O) groups is 2. The number of carbonyl (C=O) groups excluding carboxylic acids is 2. The van der Waals surface area contributed by atoms with E-state index in [2.05, 4.69) is 41.3 Å². The summed E-state index contributed by atoms with van der Waals surface area (Å²) in [4.78, 5) is 34.9. The monoisotopic (exact) mass is 420 g/mol. The number of methoxy groups -OCH3 is 1. The van der Waals surface area contributed by atoms with Gasteiger partial charge in [-0.1, -0.05) is 6.07 Å². The number of hydrogen-bond acceptors (Lipinski definition) is 4. The number of H-pyrrole nitrogens is 1. The topological polar surface area (TPSA) is 87.3 Å². The zero-order chi connectivity index (χ0) is 22.1. The van der Waals surface area contributed by atoms with Crippen molar-refractivity contribution in [2.75, 3.05) is 25.1 Å². The highest BCUT2D eigenvalue weighted by atomic mass is 16.5. The lowest BCUT2D eigenvalue weighted by atomic mass is 10.1. The molecule has 1 atom stereocenters. The van der Waals surface area contributed by atoms with Gasteiger partial charge in [0.05, 0.1) is 29.7 Å². The number of hydrogen-bond donors (Lipinski definition) is 2. The fourth-order valence-electron chi connectivity index (χ4n) is 4.02. The van der Waals surface area contributed by atoms with Gasteiger partial charge in [0, 0.05) is 25.9 Å². The maximum atomic E-state index is 12.7. The van der Waals surface area contributed by atoms with Crippen LogP contribution >= 0.6 is 0 Å². The third-order valence-electron chi connectivity index (χ3n) is 5.93. The number of benzene rings is 2. The number of fused-ring (bicyclic) bond motifs is 1. The smallest absolute Gasteiger partial charge is 0.227 e. The Balaban J connectivity index is 1.36. The molecule has 0 aliphatic carbocycles. The minimum atomic E-state index is -0.376. The van der Waals surface area contributed by atoms with Gasteiger partial charge in [-0.15, -0.1) is 0 Å². The summed E-state index contributed by atoms with van der Waals surface area (Å²) in [6.07, 6.45) is 0.806. The molecule has 162 valence electrons. The highest BCUT2D eigenvalue weighted by Gasteiger charge is 2.36. The Morgan fingerprint density at radius 2 is 2.00 bits per heavy atom. The number of anilines is 1. The van der Waals surface area contributed by atoms with Gasteiger partial charge in [-0.25, -0.2) is 4.98 Å². The molecular weight excluding hydrogens is 392 g/mol. The highest BCUT2D eigenvalue weighted by molar-refractivity contribution is 6.01. The molecule has 2 N–H and O–H groups in total. The van der Waals surface area contributed by atoms with Crippen molar-refractivity contribution >= 4 is 28.5 Å². The van der Waals surface area contributed by atoms with E-state index < -0.39 is 0 Å². The van der Waals surface area contributed by atoms with Crippen molar-refractivity contribution in [2.45, 2.75) is 33.6 Å². The van der Waals surface area contributed by atoms with Gasteiger partial charge in [0.1, 0.15) is 11.6 Å². The lowest BCUT2D eigenvalue weighted by molar-refractivity contribution is -0.126. The minimum Gasteiger partial charge on any atom is -0.495 e. The van der Waals surface area contributed by atoms with E-state index in [0.29, 0.717) is 25.3 Å². The molecule has 31 heavy (non-hydrogen) atoms. The molecule has 0 radical (unpaired) electrons. The molecule has 2 aromatic carbocycles. The van der Waals surface area contributed by atoms with Crippen molar-refractivity contribution in [1.82, 2.24) is 15.3 Å². The van der Waals surface area contributed by atoms with Crippen molar-refractivity contribution in [3.8, 4) is 5.75 Å². The van der Waals surface area contributed by atoms with Crippen LogP contribution in [0.2, 0.25) is 0 Å². The molecular formula is C24H28N4O3. The number of aryl methyl sites for hydroxylation is 3. The van der Waals surface area contributed by atoms with Gasteiger partial charge in [-0.05, 0) is 61.7 Å². The maximum absolute atomic E-state index is 12.7. The standard InChI is InChI=1S/C24H28N4O3/c1-14-5-6-21(31-4)20(9-14)28-13-17(12-23(28)29)24(30)25-8-7-22-26-18-10-15(2)16(3)11-19(18)27-22/h5-6,9-11,17H,7-8,12-13H2,1-4H3,(H,25,30)(H,26,27)/t17-/m0/s1. The average Bonchev–Trinajstić information content (AvgIpc) is 3.31. The van der Waals surface area contributed by atoms with E-state index in [1.807, 2.05) is 25.1 Å². The van der Waals surface area contributed by atoms with Crippen LogP contribution in [-0.4, -0.2) is 42.0 Å². The van der Waals surface area contributed by atoms with E-state index in [4.69, 9.17) is 4.74 Å². The number of nitrogens with zero attached hydrogens (tertiary/aromatic N) is 2. The molecule has 1 saturated heterocycles. The van der Waals surface area contributed by atoms with Crippen LogP contribution in [0, 0.1) is 26.7 Å². The quantitative estimate of drug-likeness (QED) is 0.641. The van der Waals surface area contributed by atoms with Crippen LogP contribution in [0.3, 0.4) is 0 Å². The number of rotatable bonds is 6. The molecule has 4 rings (SSSR count). The minimum absolute atomic E-state index is 0.0629. The van der Waals surface area contributed by atoms with Crippen molar-refractivity contribution in [3.05, 3.63) is 52.8 Å². The van der Waals surface area contributed by atoms with Crippen LogP contribution in [-0.2, 0) is 16.0 Å². The van der Waals surface area contributed by atoms with Crippen LogP contribution in [0.1, 0.15) is 28.9 Å². The van der Waals surface area contributed by atoms with Crippen LogP contribution in [0.15, 0.2) is 30.3 Å². The fraction of sp³-hybridized carbons (Fsp3) is 0.375. The molecule has 7 nitrogen and oxygen atoms in total. The molecule has 3 aromatic rings. The average molecular weight is 421 g/mol. The predicted molar refractivity (Wildman–Crippen MR) is 120 cm³/mol. The molecule has 7 heteroatoms. The number of aromatic amines is 1. The summed E-state index contributed by atoms with van der Waals surface area (Å²) in [5.74, 6) is 0.931. The normalized spacial score (nSPS) is 16.2. The van der Waals surface area contributed by atoms with Crippen molar-refractivity contribution in [3.63, 3.8) is 0 Å². The second kappa shape index (κ2) is 8.41. The number of aromatic nitrogens is 2. The summed E-state index contributed by atoms with van der Waals surface area (Å²) in [7, 11) is 1.58. The van der Waals surface area contributed by atoms with E-state index in [0.717, 1.165) is 28.1 Å². The largest absolute Gasteiger partial charge is 0.495 e. The fourth-order valence-corrected chi connectivity index (χ4v) is 4.02. The molecule has 0 bridgehead atoms. The predicted octanol–water partition coefficient (Wildman–Crippen LogP) is 3.21. The van der Waals surface area contributed by atoms with Crippen molar-refractivity contribution < 1.29 is 14.3 Å². The first-order valence-corrected chi connectivity index (χ1v) is 10.5. The zero-order valence-corrected chi connectivity index (χ0v) is 18.4. The summed E-state index contributed by atoms with van der Waals surface area (Å²) in [5, 5.41) is 2.96. The van der Waals surface area contributed by atoms with Crippen LogP contribution < -0.4 is 15.0 Å². The third-order valence-corrected chi connectivity index (χ3v) is 5.93. The van der Waals surface area contributed by atoms with Crippen molar-refractivity contribution in [1.29, 1.82) is 0 Å². The summed E-state index contributed by atoms with van der Waals surface area (Å²) in [6, 6.07) is 9.87. The Kier molecular flexibility index (Phi) is 5.67. The molecule has 1 aliphatic heterocycles. The number of amides is 2. The number of nitrogens with one attached hydrogen (secondary N) is 2. The van der Waals surface area contributed by atoms with E-state index in [1.165, 1.54) is 11.1 Å². The summed E-state index contributed by atoms with van der Waals surface area (Å²) >= 11 is 0. The Morgan fingerprint density at radius 3 is 2.77 bits per heavy atom. The Labute approximate surface area is 181 Å². The molecule has 1 fully saturated rings. The van der Waals surface area contributed by atoms with Crippen LogP contribution in [0.25, 0.3) is 11.0 Å². The number of ether oxygens (including phenoxy) is 1. The maximum Gasteiger partial charge on any atom is 0.227 e. The molecule has 0 spiro atoms. The van der Waals surface area contributed by atoms with E-state index >= 15 is 0 Å². The zero-order valence-electron chi connectivity index (χ0n) is 18.4. The van der Waals surface area contributed by atoms with Gasteiger partial charge in [-0.3, -0.25) is 9.59 Å². The van der Waals surface area contributed by atoms with Crippen LogP contribution in [0.5, 0.6) is 5.75 Å². The lowest BCUT2D eigenvalue weighted by Gasteiger charge is -2.20. The van der Waals surface area contributed by atoms with E-state index in [1.54, 1.807) is 12.0 Å². The second-order valence-corrected chi connectivity index (χ2v) is 8.26. The third kappa shape index (κ3) is 4.26. The lowest BCUT2D eigenvalue weighted by Crippen LogP contribution is -2.34. The highest BCUT2D eigenvalue weighted by Crippen LogP contribution is 2.33. The molecule has 0 saturated carbocycles. The Bertz CT molecular complexity index is 1110. The van der Waals surface area contributed by atoms with Gasteiger partial charge in [0.2, 0.25) is 11.8 Å². The van der Waals surface area contributed by atoms with E-state index in [9.17, 15) is 9.59 Å². The first-order valence-electron chi connectivity index (χ1n) is 10.5. The summed E-state index contributed by atoms with van der Waals surface area (Å²) in [6.45, 7) is 6.94. The van der Waals surface area contributed by atoms with E-state index in [-0.39, 0.29) is 24.2 Å². The summed E-state index contributed by atoms with van der Waals surface area (Å²) in [5.41, 5.74) is 6.13. The summed E-state index contributed by atoms with van der Waals surface area (Å²) < 4.78 is 5.41. The molecule has 1 aliphatic rings. The Morgan fingerprint density at radius 1 is 1.23 bits per heavy atom. The SMILES string of the molecule is COc1ccc(C)cc1N1C[C@@H](C(=O)NCCc2nc3cc(C)c(C)cc3[nH]2)CC1=O. The first-order chi connectivity index (χ1) is 14.9. The molecule has 2 heterocycles. The van der Waals surface area contributed by atoms with Gasteiger partial charge in [0.15, 0.2) is 0 Å². The molecule has 1 aromatic heterocycles. The van der Waals surface area contributed by atoms with Crippen LogP contribution in [0.4, 0.5) is 5.69 Å². The van der Waals surface area contributed by atoms with Gasteiger partial charge in [0.25, 0.3) is 0 Å². The van der Waals surface area contributed by atoms with Gasteiger partial charge in [-0.2, -0.15) is 0 Å². The molecule has 0 unspecified atom stereocenters. The first kappa shape index (κ1) is 20.9. The van der Waals surface area contributed by atoms with Crippen molar-refractivity contribution in [2.24, 2.45) is 5.92 Å².